The van der Waals surface area contributed by atoms with E-state index in [9.17, 15) is 13.2 Å². The summed E-state index contributed by atoms with van der Waals surface area (Å²) in [6.07, 6.45) is 1.92. The zero-order valence-corrected chi connectivity index (χ0v) is 12.2. The third-order valence-electron chi connectivity index (χ3n) is 2.91. The summed E-state index contributed by atoms with van der Waals surface area (Å²) in [5, 5.41) is -0.0570. The first-order chi connectivity index (χ1) is 9.45. The fraction of sp³-hybridized carbons (Fsp3) is 0.286. The summed E-state index contributed by atoms with van der Waals surface area (Å²) < 4.78 is 26.4. The molecule has 106 valence electrons. The molecule has 0 bridgehead atoms. The van der Waals surface area contributed by atoms with Gasteiger partial charge in [-0.1, -0.05) is 30.3 Å². The van der Waals surface area contributed by atoms with Crippen LogP contribution in [0.3, 0.4) is 0 Å². The predicted octanol–water partition coefficient (Wildman–Crippen LogP) is 2.25. The highest BCUT2D eigenvalue weighted by atomic mass is 32.2. The van der Waals surface area contributed by atoms with Gasteiger partial charge >= 0.3 is 0 Å². The van der Waals surface area contributed by atoms with Crippen molar-refractivity contribution in [2.45, 2.75) is 30.8 Å². The molecule has 20 heavy (non-hydrogen) atoms. The minimum absolute atomic E-state index is 0.0570. The highest BCUT2D eigenvalue weighted by molar-refractivity contribution is 7.90. The highest BCUT2D eigenvalue weighted by Crippen LogP contribution is 2.20. The third-order valence-corrected chi connectivity index (χ3v) is 4.48. The summed E-state index contributed by atoms with van der Waals surface area (Å²) in [4.78, 5) is 14.9. The van der Waals surface area contributed by atoms with Crippen molar-refractivity contribution >= 4 is 16.1 Å². The van der Waals surface area contributed by atoms with Gasteiger partial charge in [-0.25, -0.2) is 13.4 Å². The first-order valence-corrected chi connectivity index (χ1v) is 7.90. The average molecular weight is 292 g/mol. The molecular formula is C14H16N2O3S. The zero-order valence-electron chi connectivity index (χ0n) is 11.4. The third kappa shape index (κ3) is 2.80. The maximum atomic E-state index is 12.5. The number of sulfone groups is 1. The minimum Gasteiger partial charge on any atom is -0.310 e. The van der Waals surface area contributed by atoms with Crippen LogP contribution in [0.2, 0.25) is 0 Å². The molecule has 0 saturated heterocycles. The fourth-order valence-corrected chi connectivity index (χ4v) is 3.64. The normalized spacial score (nSPS) is 11.8. The number of rotatable bonds is 5. The summed E-state index contributed by atoms with van der Waals surface area (Å²) in [6.45, 7) is 3.63. The van der Waals surface area contributed by atoms with Crippen LogP contribution in [0.1, 0.15) is 35.9 Å². The fourth-order valence-electron chi connectivity index (χ4n) is 2.05. The Bertz CT molecular complexity index is 703. The van der Waals surface area contributed by atoms with E-state index in [0.717, 1.165) is 0 Å². The molecule has 0 aliphatic rings. The second-order valence-electron chi connectivity index (χ2n) is 4.79. The van der Waals surface area contributed by atoms with Crippen molar-refractivity contribution in [3.8, 4) is 0 Å². The van der Waals surface area contributed by atoms with Crippen molar-refractivity contribution in [3.63, 3.8) is 0 Å². The number of hydrogen-bond donors (Lipinski definition) is 0. The smallest absolute Gasteiger partial charge is 0.228 e. The molecule has 5 nitrogen and oxygen atoms in total. The van der Waals surface area contributed by atoms with Gasteiger partial charge in [-0.2, -0.15) is 0 Å². The lowest BCUT2D eigenvalue weighted by atomic mass is 10.2. The van der Waals surface area contributed by atoms with Crippen LogP contribution in [-0.2, 0) is 15.6 Å². The van der Waals surface area contributed by atoms with Crippen molar-refractivity contribution in [2.24, 2.45) is 0 Å². The molecule has 0 radical (unpaired) electrons. The van der Waals surface area contributed by atoms with Crippen molar-refractivity contribution in [1.29, 1.82) is 0 Å². The second-order valence-corrected chi connectivity index (χ2v) is 6.68. The minimum atomic E-state index is -3.59. The molecule has 0 saturated carbocycles. The van der Waals surface area contributed by atoms with Crippen LogP contribution in [0, 0.1) is 0 Å². The van der Waals surface area contributed by atoms with Crippen LogP contribution < -0.4 is 0 Å². The number of carbonyl (C=O) groups excluding carboxylic acids is 1. The summed E-state index contributed by atoms with van der Waals surface area (Å²) in [6, 6.07) is 8.75. The Kier molecular flexibility index (Phi) is 4.04. The Hall–Kier alpha value is -1.95. The summed E-state index contributed by atoms with van der Waals surface area (Å²) in [5.74, 6) is -0.129. The van der Waals surface area contributed by atoms with Gasteiger partial charge in [0.25, 0.3) is 0 Å². The molecule has 0 unspecified atom stereocenters. The van der Waals surface area contributed by atoms with Gasteiger partial charge in [-0.3, -0.25) is 4.79 Å². The predicted molar refractivity (Wildman–Crippen MR) is 75.3 cm³/mol. The monoisotopic (exact) mass is 292 g/mol. The van der Waals surface area contributed by atoms with Crippen LogP contribution in [-0.4, -0.2) is 24.3 Å². The molecule has 0 aliphatic carbocycles. The Morgan fingerprint density at radius 1 is 1.25 bits per heavy atom. The molecular weight excluding hydrogens is 276 g/mol. The lowest BCUT2D eigenvalue weighted by Crippen LogP contribution is -2.16. The van der Waals surface area contributed by atoms with E-state index in [1.165, 1.54) is 10.8 Å². The van der Waals surface area contributed by atoms with Crippen molar-refractivity contribution in [2.75, 3.05) is 0 Å². The van der Waals surface area contributed by atoms with Crippen molar-refractivity contribution in [3.05, 3.63) is 47.8 Å². The number of aromatic nitrogens is 2. The topological polar surface area (TPSA) is 69.0 Å². The number of benzene rings is 1. The van der Waals surface area contributed by atoms with Gasteiger partial charge in [0, 0.05) is 6.04 Å². The average Bonchev–Trinajstić information content (AvgIpc) is 2.84. The molecule has 6 heteroatoms. The zero-order chi connectivity index (χ0) is 14.8. The van der Waals surface area contributed by atoms with E-state index in [1.54, 1.807) is 24.3 Å². The molecule has 1 heterocycles. The molecule has 0 amide bonds. The molecule has 0 atom stereocenters. The van der Waals surface area contributed by atoms with Gasteiger partial charge in [0.15, 0.2) is 6.29 Å². The summed E-state index contributed by atoms with van der Waals surface area (Å²) in [5.41, 5.74) is 0.963. The van der Waals surface area contributed by atoms with Crippen molar-refractivity contribution < 1.29 is 13.2 Å². The van der Waals surface area contributed by atoms with E-state index in [0.29, 0.717) is 11.8 Å². The standard InChI is InChI=1S/C14H16N2O3S/c1-11(2)16-13(9-17)8-15-14(16)20(18,19)10-12-6-4-3-5-7-12/h3-9,11H,10H2,1-2H3. The van der Waals surface area contributed by atoms with Crippen LogP contribution in [0.25, 0.3) is 0 Å². The number of carbonyl (C=O) groups is 1. The molecule has 2 rings (SSSR count). The molecule has 0 spiro atoms. The van der Waals surface area contributed by atoms with E-state index in [4.69, 9.17) is 0 Å². The van der Waals surface area contributed by atoms with Crippen molar-refractivity contribution in [1.82, 2.24) is 9.55 Å². The number of aldehydes is 1. The molecule has 0 fully saturated rings. The van der Waals surface area contributed by atoms with Gasteiger partial charge in [-0.15, -0.1) is 0 Å². The van der Waals surface area contributed by atoms with E-state index in [1.807, 2.05) is 19.9 Å². The lowest BCUT2D eigenvalue weighted by Gasteiger charge is -2.13. The maximum absolute atomic E-state index is 12.5. The first kappa shape index (κ1) is 14.5. The molecule has 1 aromatic carbocycles. The first-order valence-electron chi connectivity index (χ1n) is 6.25. The Balaban J connectivity index is 2.45. The van der Waals surface area contributed by atoms with E-state index >= 15 is 0 Å². The van der Waals surface area contributed by atoms with Crippen LogP contribution in [0.5, 0.6) is 0 Å². The molecule has 0 aliphatic heterocycles. The van der Waals surface area contributed by atoms with Gasteiger partial charge in [0.2, 0.25) is 15.0 Å². The quantitative estimate of drug-likeness (QED) is 0.793. The van der Waals surface area contributed by atoms with Gasteiger partial charge in [0.05, 0.1) is 11.9 Å². The summed E-state index contributed by atoms with van der Waals surface area (Å²) in [7, 11) is -3.59. The lowest BCUT2D eigenvalue weighted by molar-refractivity contribution is 0.111. The van der Waals surface area contributed by atoms with Crippen LogP contribution in [0.15, 0.2) is 41.7 Å². The Morgan fingerprint density at radius 2 is 1.90 bits per heavy atom. The molecule has 1 aromatic heterocycles. The second kappa shape index (κ2) is 5.58. The largest absolute Gasteiger partial charge is 0.310 e. The van der Waals surface area contributed by atoms with Gasteiger partial charge < -0.3 is 4.57 Å². The Labute approximate surface area is 118 Å². The Morgan fingerprint density at radius 3 is 2.45 bits per heavy atom. The van der Waals surface area contributed by atoms with E-state index < -0.39 is 9.84 Å². The molecule has 2 aromatic rings. The number of hydrogen-bond acceptors (Lipinski definition) is 4. The SMILES string of the molecule is CC(C)n1c(C=O)cnc1S(=O)(=O)Cc1ccccc1. The highest BCUT2D eigenvalue weighted by Gasteiger charge is 2.24. The van der Waals surface area contributed by atoms with E-state index in [-0.39, 0.29) is 22.6 Å². The maximum Gasteiger partial charge on any atom is 0.228 e. The van der Waals surface area contributed by atoms with Gasteiger partial charge in [-0.05, 0) is 19.4 Å². The number of nitrogens with zero attached hydrogens (tertiary/aromatic N) is 2. The van der Waals surface area contributed by atoms with Gasteiger partial charge in [0.1, 0.15) is 5.69 Å². The van der Waals surface area contributed by atoms with E-state index in [2.05, 4.69) is 4.98 Å². The summed E-state index contributed by atoms with van der Waals surface area (Å²) >= 11 is 0. The van der Waals surface area contributed by atoms with Crippen LogP contribution in [0.4, 0.5) is 0 Å². The molecule has 0 N–H and O–H groups in total. The van der Waals surface area contributed by atoms with Crippen LogP contribution >= 0.6 is 0 Å². The number of imidazole rings is 1.